The van der Waals surface area contributed by atoms with Gasteiger partial charge in [-0.1, -0.05) is 12.1 Å². The van der Waals surface area contributed by atoms with E-state index in [1.807, 2.05) is 0 Å². The van der Waals surface area contributed by atoms with Crippen LogP contribution in [0.2, 0.25) is 0 Å². The van der Waals surface area contributed by atoms with Crippen molar-refractivity contribution in [1.29, 1.82) is 0 Å². The quantitative estimate of drug-likeness (QED) is 0.693. The van der Waals surface area contributed by atoms with Crippen molar-refractivity contribution in [3.63, 3.8) is 0 Å². The summed E-state index contributed by atoms with van der Waals surface area (Å²) in [5, 5.41) is 11.9. The molecule has 4 N–H and O–H groups in total. The van der Waals surface area contributed by atoms with Gasteiger partial charge in [0, 0.05) is 28.9 Å². The van der Waals surface area contributed by atoms with Crippen LogP contribution in [0.15, 0.2) is 24.3 Å². The minimum absolute atomic E-state index is 0.163. The third-order valence-electron chi connectivity index (χ3n) is 2.60. The number of hydrogen-bond donors (Lipinski definition) is 3. The van der Waals surface area contributed by atoms with Crippen LogP contribution < -0.4 is 11.1 Å². The van der Waals surface area contributed by atoms with Gasteiger partial charge in [0.05, 0.1) is 6.04 Å². The molecule has 6 heteroatoms. The van der Waals surface area contributed by atoms with Crippen molar-refractivity contribution >= 4 is 16.7 Å². The number of carbonyl (C=O) groups excluding carboxylic acids is 1. The molecule has 0 aliphatic carbocycles. The van der Waals surface area contributed by atoms with E-state index < -0.39 is 16.8 Å². The molecule has 0 aliphatic rings. The van der Waals surface area contributed by atoms with Crippen LogP contribution in [0.5, 0.6) is 5.75 Å². The minimum Gasteiger partial charge on any atom is -0.508 e. The fraction of sp³-hybridized carbons (Fsp3) is 0.462. The molecule has 0 radical (unpaired) electrons. The van der Waals surface area contributed by atoms with Crippen LogP contribution in [0, 0.1) is 0 Å². The van der Waals surface area contributed by atoms with E-state index in [9.17, 15) is 9.00 Å². The molecule has 2 unspecified atom stereocenters. The highest BCUT2D eigenvalue weighted by molar-refractivity contribution is 7.84. The van der Waals surface area contributed by atoms with Gasteiger partial charge in [-0.25, -0.2) is 0 Å². The topological polar surface area (TPSA) is 92.4 Å². The monoisotopic (exact) mass is 284 g/mol. The number of phenolic OH excluding ortho intramolecular Hbond substituents is 1. The lowest BCUT2D eigenvalue weighted by atomic mass is 10.1. The van der Waals surface area contributed by atoms with E-state index >= 15 is 0 Å². The summed E-state index contributed by atoms with van der Waals surface area (Å²) in [6.45, 7) is 1.80. The number of nitrogens with two attached hydrogens (primary N) is 1. The Morgan fingerprint density at radius 3 is 2.53 bits per heavy atom. The summed E-state index contributed by atoms with van der Waals surface area (Å²) in [5.41, 5.74) is 6.70. The summed E-state index contributed by atoms with van der Waals surface area (Å²) >= 11 is 0. The van der Waals surface area contributed by atoms with Crippen molar-refractivity contribution in [3.8, 4) is 5.75 Å². The second-order valence-electron chi connectivity index (χ2n) is 4.63. The Hall–Kier alpha value is -1.40. The number of amides is 1. The van der Waals surface area contributed by atoms with Gasteiger partial charge in [0.15, 0.2) is 0 Å². The smallest absolute Gasteiger partial charge is 0.237 e. The minimum atomic E-state index is -0.949. The van der Waals surface area contributed by atoms with E-state index in [-0.39, 0.29) is 17.7 Å². The van der Waals surface area contributed by atoms with Gasteiger partial charge in [0.25, 0.3) is 0 Å². The Kier molecular flexibility index (Phi) is 5.98. The first-order valence-corrected chi connectivity index (χ1v) is 7.75. The fourth-order valence-corrected chi connectivity index (χ4v) is 2.51. The van der Waals surface area contributed by atoms with Crippen molar-refractivity contribution in [3.05, 3.63) is 29.8 Å². The highest BCUT2D eigenvalue weighted by Gasteiger charge is 2.16. The maximum atomic E-state index is 11.8. The average molecular weight is 284 g/mol. The van der Waals surface area contributed by atoms with Crippen LogP contribution in [-0.2, 0) is 22.0 Å². The first-order valence-electron chi connectivity index (χ1n) is 6.02. The van der Waals surface area contributed by atoms with Crippen LogP contribution in [0.4, 0.5) is 0 Å². The molecule has 1 aromatic carbocycles. The third-order valence-corrected chi connectivity index (χ3v) is 3.57. The molecule has 0 bridgehead atoms. The Labute approximate surface area is 115 Å². The number of carbonyl (C=O) groups is 1. The second kappa shape index (κ2) is 7.25. The third kappa shape index (κ3) is 5.85. The number of nitrogens with one attached hydrogen (secondary N) is 1. The van der Waals surface area contributed by atoms with Gasteiger partial charge in [0.2, 0.25) is 5.91 Å². The van der Waals surface area contributed by atoms with Crippen LogP contribution >= 0.6 is 0 Å². The lowest BCUT2D eigenvalue weighted by Gasteiger charge is -2.16. The molecule has 0 saturated carbocycles. The average Bonchev–Trinajstić information content (AvgIpc) is 2.30. The Morgan fingerprint density at radius 1 is 1.42 bits per heavy atom. The molecule has 1 aromatic rings. The van der Waals surface area contributed by atoms with Gasteiger partial charge >= 0.3 is 0 Å². The van der Waals surface area contributed by atoms with Crippen molar-refractivity contribution in [2.45, 2.75) is 25.4 Å². The summed E-state index contributed by atoms with van der Waals surface area (Å²) in [5.74, 6) is 0.337. The first kappa shape index (κ1) is 15.7. The van der Waals surface area contributed by atoms with Gasteiger partial charge in [-0.2, -0.15) is 0 Å². The van der Waals surface area contributed by atoms with Crippen LogP contribution in [-0.4, -0.2) is 39.3 Å². The van der Waals surface area contributed by atoms with E-state index in [0.29, 0.717) is 12.2 Å². The highest BCUT2D eigenvalue weighted by atomic mass is 32.2. The number of aromatic hydroxyl groups is 1. The van der Waals surface area contributed by atoms with Crippen molar-refractivity contribution in [2.24, 2.45) is 5.73 Å². The molecule has 1 amide bonds. The summed E-state index contributed by atoms with van der Waals surface area (Å²) < 4.78 is 11.0. The highest BCUT2D eigenvalue weighted by Crippen LogP contribution is 2.10. The maximum Gasteiger partial charge on any atom is 0.237 e. The van der Waals surface area contributed by atoms with Gasteiger partial charge in [-0.3, -0.25) is 9.00 Å². The van der Waals surface area contributed by atoms with Gasteiger partial charge in [-0.15, -0.1) is 0 Å². The molecule has 5 nitrogen and oxygen atoms in total. The Bertz CT molecular complexity index is 448. The maximum absolute atomic E-state index is 11.8. The SMILES string of the molecule is CC(CS(C)=O)NC(=O)[C@@H](N)Cc1ccc(O)cc1. The molecule has 3 atom stereocenters. The predicted molar refractivity (Wildman–Crippen MR) is 76.3 cm³/mol. The van der Waals surface area contributed by atoms with E-state index in [1.54, 1.807) is 37.4 Å². The fourth-order valence-electron chi connectivity index (χ4n) is 1.72. The molecule has 1 rings (SSSR count). The van der Waals surface area contributed by atoms with Gasteiger partial charge in [0.1, 0.15) is 5.75 Å². The number of phenols is 1. The van der Waals surface area contributed by atoms with Crippen LogP contribution in [0.25, 0.3) is 0 Å². The summed E-state index contributed by atoms with van der Waals surface area (Å²) in [7, 11) is -0.949. The predicted octanol–water partition coefficient (Wildman–Crippen LogP) is 0.145. The summed E-state index contributed by atoms with van der Waals surface area (Å²) in [6, 6.07) is 5.76. The van der Waals surface area contributed by atoms with Crippen molar-refractivity contribution in [2.75, 3.05) is 12.0 Å². The van der Waals surface area contributed by atoms with E-state index in [2.05, 4.69) is 5.32 Å². The number of benzene rings is 1. The zero-order valence-electron chi connectivity index (χ0n) is 11.1. The van der Waals surface area contributed by atoms with E-state index in [4.69, 9.17) is 10.8 Å². The molecule has 106 valence electrons. The Balaban J connectivity index is 2.48. The van der Waals surface area contributed by atoms with Crippen molar-refractivity contribution in [1.82, 2.24) is 5.32 Å². The molecule has 0 fully saturated rings. The molecule has 0 saturated heterocycles. The zero-order valence-corrected chi connectivity index (χ0v) is 11.9. The second-order valence-corrected chi connectivity index (χ2v) is 6.11. The van der Waals surface area contributed by atoms with Gasteiger partial charge < -0.3 is 16.2 Å². The molecule has 0 aliphatic heterocycles. The molecular formula is C13H20N2O3S. The molecule has 0 heterocycles. The first-order chi connectivity index (χ1) is 8.88. The standard InChI is InChI=1S/C13H20N2O3S/c1-9(8-19(2)18)15-13(17)12(14)7-10-3-5-11(16)6-4-10/h3-6,9,12,16H,7-8,14H2,1-2H3,(H,15,17)/t9?,12-,19?/m0/s1. The van der Waals surface area contributed by atoms with Crippen molar-refractivity contribution < 1.29 is 14.1 Å². The molecule has 0 aromatic heterocycles. The number of hydrogen-bond acceptors (Lipinski definition) is 4. The van der Waals surface area contributed by atoms with Crippen LogP contribution in [0.1, 0.15) is 12.5 Å². The van der Waals surface area contributed by atoms with E-state index in [0.717, 1.165) is 5.56 Å². The molecule has 0 spiro atoms. The largest absolute Gasteiger partial charge is 0.508 e. The lowest BCUT2D eigenvalue weighted by Crippen LogP contribution is -2.46. The van der Waals surface area contributed by atoms with E-state index in [1.165, 1.54) is 0 Å². The molecular weight excluding hydrogens is 264 g/mol. The zero-order chi connectivity index (χ0) is 14.4. The summed E-state index contributed by atoms with van der Waals surface area (Å²) in [4.78, 5) is 11.8. The lowest BCUT2D eigenvalue weighted by molar-refractivity contribution is -0.122. The van der Waals surface area contributed by atoms with Gasteiger partial charge in [-0.05, 0) is 31.0 Å². The normalized spacial score (nSPS) is 15.5. The molecule has 19 heavy (non-hydrogen) atoms. The Morgan fingerprint density at radius 2 is 2.00 bits per heavy atom. The number of rotatable bonds is 6. The van der Waals surface area contributed by atoms with Crippen LogP contribution in [0.3, 0.4) is 0 Å². The summed E-state index contributed by atoms with van der Waals surface area (Å²) in [6.07, 6.45) is 1.99.